The van der Waals surface area contributed by atoms with Crippen LogP contribution in [-0.2, 0) is 12.8 Å². The van der Waals surface area contributed by atoms with Crippen LogP contribution in [-0.4, -0.2) is 0 Å². The standard InChI is InChI=1S/C32H38S4/c1-3-9-21(10-4-1)13-7-15-27-31-25(19-33-27)23-17-24-26-20-34-28(16-8-14-22-11-5-2-6-12-22)32(26)36-30(24)18-29(23)35-31/h17-22H,1-16H2. The molecule has 4 heteroatoms. The Hall–Kier alpha value is -0.940. The van der Waals surface area contributed by atoms with Gasteiger partial charge < -0.3 is 0 Å². The van der Waals surface area contributed by atoms with Crippen molar-refractivity contribution in [3.05, 3.63) is 32.6 Å². The van der Waals surface area contributed by atoms with E-state index in [0.29, 0.717) is 0 Å². The molecule has 7 rings (SSSR count). The molecule has 2 fully saturated rings. The quantitative estimate of drug-likeness (QED) is 0.180. The Kier molecular flexibility index (Phi) is 7.15. The third kappa shape index (κ3) is 4.70. The Morgan fingerprint density at radius 2 is 1.03 bits per heavy atom. The Bertz CT molecular complexity index is 1350. The zero-order valence-corrected chi connectivity index (χ0v) is 24.7. The maximum Gasteiger partial charge on any atom is 0.0494 e. The Balaban J connectivity index is 1.10. The topological polar surface area (TPSA) is 0 Å². The molecule has 0 N–H and O–H groups in total. The number of hydrogen-bond acceptors (Lipinski definition) is 4. The Labute approximate surface area is 231 Å². The average molecular weight is 551 g/mol. The number of rotatable bonds is 8. The molecule has 0 bridgehead atoms. The molecule has 0 spiro atoms. The minimum absolute atomic E-state index is 1.01. The highest BCUT2D eigenvalue weighted by atomic mass is 32.1. The summed E-state index contributed by atoms with van der Waals surface area (Å²) in [5.74, 6) is 2.02. The summed E-state index contributed by atoms with van der Waals surface area (Å²) >= 11 is 8.17. The van der Waals surface area contributed by atoms with Crippen LogP contribution in [0.15, 0.2) is 22.9 Å². The van der Waals surface area contributed by atoms with Crippen molar-refractivity contribution in [1.82, 2.24) is 0 Å². The molecule has 2 saturated carbocycles. The van der Waals surface area contributed by atoms with Crippen molar-refractivity contribution < 1.29 is 0 Å². The number of fused-ring (bicyclic) bond motifs is 6. The lowest BCUT2D eigenvalue weighted by Crippen LogP contribution is -2.06. The zero-order chi connectivity index (χ0) is 23.9. The van der Waals surface area contributed by atoms with Crippen LogP contribution in [0.2, 0.25) is 0 Å². The van der Waals surface area contributed by atoms with Gasteiger partial charge in [0, 0.05) is 60.9 Å². The summed E-state index contributed by atoms with van der Waals surface area (Å²) in [5, 5.41) is 11.0. The van der Waals surface area contributed by atoms with Crippen molar-refractivity contribution in [3.8, 4) is 0 Å². The van der Waals surface area contributed by atoms with Gasteiger partial charge >= 0.3 is 0 Å². The fourth-order valence-corrected chi connectivity index (χ4v) is 12.2. The lowest BCUT2D eigenvalue weighted by Gasteiger charge is -2.21. The summed E-state index contributed by atoms with van der Waals surface area (Å²) in [6, 6.07) is 5.06. The molecule has 0 nitrogen and oxygen atoms in total. The van der Waals surface area contributed by atoms with Crippen molar-refractivity contribution in [1.29, 1.82) is 0 Å². The molecule has 190 valence electrons. The summed E-state index contributed by atoms with van der Waals surface area (Å²) < 4.78 is 6.17. The van der Waals surface area contributed by atoms with E-state index >= 15 is 0 Å². The summed E-state index contributed by atoms with van der Waals surface area (Å²) in [5.41, 5.74) is 0. The van der Waals surface area contributed by atoms with Crippen molar-refractivity contribution >= 4 is 85.7 Å². The van der Waals surface area contributed by atoms with Crippen LogP contribution in [0.5, 0.6) is 0 Å². The van der Waals surface area contributed by atoms with Crippen molar-refractivity contribution in [2.45, 2.75) is 103 Å². The van der Waals surface area contributed by atoms with Crippen molar-refractivity contribution in [3.63, 3.8) is 0 Å². The summed E-state index contributed by atoms with van der Waals surface area (Å²) in [4.78, 5) is 3.29. The van der Waals surface area contributed by atoms with Gasteiger partial charge in [0.2, 0.25) is 0 Å². The maximum absolute atomic E-state index is 2.54. The second-order valence-electron chi connectivity index (χ2n) is 11.6. The highest BCUT2D eigenvalue weighted by Gasteiger charge is 2.18. The number of thiophene rings is 4. The van der Waals surface area contributed by atoms with Crippen molar-refractivity contribution in [2.75, 3.05) is 0 Å². The summed E-state index contributed by atoms with van der Waals surface area (Å²) in [6.45, 7) is 0. The van der Waals surface area contributed by atoms with E-state index in [4.69, 9.17) is 0 Å². The van der Waals surface area contributed by atoms with Gasteiger partial charge in [0.05, 0.1) is 0 Å². The molecule has 0 amide bonds. The SMILES string of the molecule is c1c2sc3c(CCCC4CCCCC4)scc3c2cc2c1sc1c(CCCC3CCCCC3)scc12. The minimum atomic E-state index is 1.01. The van der Waals surface area contributed by atoms with Crippen LogP contribution in [0.4, 0.5) is 0 Å². The smallest absolute Gasteiger partial charge is 0.0494 e. The van der Waals surface area contributed by atoms with Gasteiger partial charge in [0.1, 0.15) is 0 Å². The lowest BCUT2D eigenvalue weighted by molar-refractivity contribution is 0.333. The van der Waals surface area contributed by atoms with Gasteiger partial charge in [-0.05, 0) is 49.7 Å². The molecule has 2 aliphatic rings. The molecule has 0 saturated heterocycles. The molecular formula is C32H38S4. The van der Waals surface area contributed by atoms with Gasteiger partial charge in [-0.25, -0.2) is 0 Å². The molecular weight excluding hydrogens is 513 g/mol. The van der Waals surface area contributed by atoms with Crippen LogP contribution >= 0.6 is 45.3 Å². The molecule has 2 aliphatic carbocycles. The monoisotopic (exact) mass is 550 g/mol. The molecule has 0 unspecified atom stereocenters. The van der Waals surface area contributed by atoms with Gasteiger partial charge in [-0.1, -0.05) is 77.0 Å². The molecule has 0 atom stereocenters. The Morgan fingerprint density at radius 3 is 1.50 bits per heavy atom. The molecule has 0 aliphatic heterocycles. The highest BCUT2D eigenvalue weighted by Crippen LogP contribution is 2.46. The first-order valence-corrected chi connectivity index (χ1v) is 18.0. The number of benzene rings is 1. The first-order chi connectivity index (χ1) is 17.8. The van der Waals surface area contributed by atoms with Crippen LogP contribution in [0.25, 0.3) is 40.3 Å². The van der Waals surface area contributed by atoms with Crippen LogP contribution in [0.3, 0.4) is 0 Å². The third-order valence-electron chi connectivity index (χ3n) is 9.20. The molecule has 36 heavy (non-hydrogen) atoms. The normalized spacial score (nSPS) is 18.4. The fourth-order valence-electron chi connectivity index (χ4n) is 7.14. The second kappa shape index (κ2) is 10.7. The van der Waals surface area contributed by atoms with E-state index in [1.54, 1.807) is 19.2 Å². The van der Waals surface area contributed by atoms with E-state index in [1.165, 1.54) is 134 Å². The predicted octanol–water partition coefficient (Wildman–Crippen LogP) is 12.4. The van der Waals surface area contributed by atoms with E-state index in [1.807, 2.05) is 22.7 Å². The van der Waals surface area contributed by atoms with E-state index in [9.17, 15) is 0 Å². The molecule has 5 aromatic rings. The minimum Gasteiger partial charge on any atom is -0.147 e. The van der Waals surface area contributed by atoms with Gasteiger partial charge in [-0.15, -0.1) is 45.3 Å². The Morgan fingerprint density at radius 1 is 0.556 bits per heavy atom. The summed E-state index contributed by atoms with van der Waals surface area (Å²) in [6.07, 6.45) is 23.0. The average Bonchev–Trinajstić information content (AvgIpc) is 3.66. The third-order valence-corrected chi connectivity index (χ3v) is 14.0. The fraction of sp³-hybridized carbons (Fsp3) is 0.562. The zero-order valence-electron chi connectivity index (χ0n) is 21.4. The van der Waals surface area contributed by atoms with E-state index < -0.39 is 0 Å². The van der Waals surface area contributed by atoms with Gasteiger partial charge in [0.25, 0.3) is 0 Å². The highest BCUT2D eigenvalue weighted by molar-refractivity contribution is 7.31. The predicted molar refractivity (Wildman–Crippen MR) is 167 cm³/mol. The molecule has 1 aromatic carbocycles. The van der Waals surface area contributed by atoms with E-state index in [-0.39, 0.29) is 0 Å². The van der Waals surface area contributed by atoms with E-state index in [0.717, 1.165) is 11.8 Å². The number of hydrogen-bond donors (Lipinski definition) is 0. The first kappa shape index (κ1) is 24.1. The lowest BCUT2D eigenvalue weighted by atomic mass is 9.86. The van der Waals surface area contributed by atoms with Crippen LogP contribution < -0.4 is 0 Å². The number of aryl methyl sites for hydroxylation is 2. The van der Waals surface area contributed by atoms with Gasteiger partial charge in [-0.2, -0.15) is 0 Å². The second-order valence-corrected chi connectivity index (χ2v) is 15.7. The molecule has 4 aromatic heterocycles. The van der Waals surface area contributed by atoms with Crippen LogP contribution in [0.1, 0.15) is 99.6 Å². The maximum atomic E-state index is 2.54. The van der Waals surface area contributed by atoms with Crippen LogP contribution in [0, 0.1) is 11.8 Å². The molecule has 0 radical (unpaired) electrons. The summed E-state index contributed by atoms with van der Waals surface area (Å²) in [7, 11) is 0. The van der Waals surface area contributed by atoms with E-state index in [2.05, 4.69) is 45.6 Å². The molecule has 4 heterocycles. The van der Waals surface area contributed by atoms with Crippen molar-refractivity contribution in [2.24, 2.45) is 11.8 Å². The van der Waals surface area contributed by atoms with Gasteiger partial charge in [0.15, 0.2) is 0 Å². The first-order valence-electron chi connectivity index (χ1n) is 14.6. The largest absolute Gasteiger partial charge is 0.147 e. The van der Waals surface area contributed by atoms with Gasteiger partial charge in [-0.3, -0.25) is 0 Å².